The molecule has 0 amide bonds. The maximum Gasteiger partial charge on any atom is 0.271 e. The third-order valence-corrected chi connectivity index (χ3v) is 5.96. The Labute approximate surface area is 133 Å². The number of anilines is 2. The SMILES string of the molecule is Cc1onc(N)c1S(=O)(=O)N1CCCCc2cc(Cl)ccc21. The molecule has 1 aliphatic heterocycles. The van der Waals surface area contributed by atoms with Gasteiger partial charge in [0.1, 0.15) is 0 Å². The fraction of sp³-hybridized carbons (Fsp3) is 0.357. The maximum absolute atomic E-state index is 13.0. The first-order valence-electron chi connectivity index (χ1n) is 6.94. The highest BCUT2D eigenvalue weighted by Gasteiger charge is 2.33. The zero-order chi connectivity index (χ0) is 15.9. The topological polar surface area (TPSA) is 89.4 Å². The van der Waals surface area contributed by atoms with Crippen molar-refractivity contribution in [1.29, 1.82) is 0 Å². The number of benzene rings is 1. The van der Waals surface area contributed by atoms with Crippen LogP contribution in [0.4, 0.5) is 11.5 Å². The summed E-state index contributed by atoms with van der Waals surface area (Å²) in [5, 5.41) is 4.14. The number of sulfonamides is 1. The minimum Gasteiger partial charge on any atom is -0.380 e. The Balaban J connectivity index is 2.16. The first-order valence-corrected chi connectivity index (χ1v) is 8.76. The van der Waals surface area contributed by atoms with Gasteiger partial charge in [0.25, 0.3) is 10.0 Å². The van der Waals surface area contributed by atoms with E-state index in [0.29, 0.717) is 17.3 Å². The smallest absolute Gasteiger partial charge is 0.271 e. The molecule has 0 unspecified atom stereocenters. The minimum atomic E-state index is -3.82. The van der Waals surface area contributed by atoms with Gasteiger partial charge in [0, 0.05) is 11.6 Å². The largest absolute Gasteiger partial charge is 0.380 e. The van der Waals surface area contributed by atoms with Crippen LogP contribution in [0.3, 0.4) is 0 Å². The van der Waals surface area contributed by atoms with Crippen LogP contribution in [-0.2, 0) is 16.4 Å². The lowest BCUT2D eigenvalue weighted by molar-refractivity contribution is 0.396. The zero-order valence-electron chi connectivity index (χ0n) is 12.0. The lowest BCUT2D eigenvalue weighted by Gasteiger charge is -2.24. The average Bonchev–Trinajstić information content (AvgIpc) is 2.68. The fourth-order valence-corrected chi connectivity index (χ4v) is 4.67. The fourth-order valence-electron chi connectivity index (χ4n) is 2.74. The third kappa shape index (κ3) is 2.44. The summed E-state index contributed by atoms with van der Waals surface area (Å²) >= 11 is 6.03. The highest BCUT2D eigenvalue weighted by Crippen LogP contribution is 2.35. The molecule has 0 spiro atoms. The van der Waals surface area contributed by atoms with Gasteiger partial charge < -0.3 is 10.3 Å². The summed E-state index contributed by atoms with van der Waals surface area (Å²) in [7, 11) is -3.82. The molecule has 6 nitrogen and oxygen atoms in total. The number of fused-ring (bicyclic) bond motifs is 1. The van der Waals surface area contributed by atoms with E-state index in [-0.39, 0.29) is 16.5 Å². The van der Waals surface area contributed by atoms with Crippen molar-refractivity contribution in [3.05, 3.63) is 34.5 Å². The summed E-state index contributed by atoms with van der Waals surface area (Å²) in [6.07, 6.45) is 2.45. The summed E-state index contributed by atoms with van der Waals surface area (Å²) in [5.41, 5.74) is 7.24. The molecule has 0 atom stereocenters. The van der Waals surface area contributed by atoms with Gasteiger partial charge in [-0.05, 0) is 49.9 Å². The maximum atomic E-state index is 13.0. The van der Waals surface area contributed by atoms with Crippen molar-refractivity contribution in [2.75, 3.05) is 16.6 Å². The molecule has 2 heterocycles. The van der Waals surface area contributed by atoms with E-state index < -0.39 is 10.0 Å². The number of aryl methyl sites for hydroxylation is 2. The van der Waals surface area contributed by atoms with E-state index in [9.17, 15) is 8.42 Å². The second-order valence-corrected chi connectivity index (χ2v) is 7.50. The summed E-state index contributed by atoms with van der Waals surface area (Å²) < 4.78 is 32.3. The Hall–Kier alpha value is -1.73. The Bertz CT molecular complexity index is 797. The van der Waals surface area contributed by atoms with Gasteiger partial charge in [0.15, 0.2) is 16.5 Å². The van der Waals surface area contributed by atoms with E-state index in [4.69, 9.17) is 21.9 Å². The summed E-state index contributed by atoms with van der Waals surface area (Å²) in [4.78, 5) is -0.0599. The van der Waals surface area contributed by atoms with Gasteiger partial charge >= 0.3 is 0 Å². The molecule has 22 heavy (non-hydrogen) atoms. The first-order chi connectivity index (χ1) is 10.4. The summed E-state index contributed by atoms with van der Waals surface area (Å²) in [5.74, 6) is 0.0783. The van der Waals surface area contributed by atoms with Crippen molar-refractivity contribution >= 4 is 33.1 Å². The second-order valence-electron chi connectivity index (χ2n) is 5.26. The molecule has 0 saturated heterocycles. The van der Waals surface area contributed by atoms with Crippen LogP contribution in [0, 0.1) is 6.92 Å². The van der Waals surface area contributed by atoms with Crippen LogP contribution in [0.5, 0.6) is 0 Å². The Kier molecular flexibility index (Phi) is 3.78. The Morgan fingerprint density at radius 1 is 1.36 bits per heavy atom. The molecule has 118 valence electrons. The second kappa shape index (κ2) is 5.48. The van der Waals surface area contributed by atoms with Crippen LogP contribution < -0.4 is 10.0 Å². The van der Waals surface area contributed by atoms with Crippen molar-refractivity contribution < 1.29 is 12.9 Å². The number of rotatable bonds is 2. The molecule has 0 aliphatic carbocycles. The van der Waals surface area contributed by atoms with Crippen molar-refractivity contribution in [2.24, 2.45) is 0 Å². The molecule has 0 fully saturated rings. The highest BCUT2D eigenvalue weighted by molar-refractivity contribution is 7.93. The monoisotopic (exact) mass is 341 g/mol. The zero-order valence-corrected chi connectivity index (χ0v) is 13.6. The third-order valence-electron chi connectivity index (χ3n) is 3.75. The number of nitrogen functional groups attached to an aromatic ring is 1. The van der Waals surface area contributed by atoms with Gasteiger partial charge in [-0.1, -0.05) is 16.8 Å². The number of nitrogens with zero attached hydrogens (tertiary/aromatic N) is 2. The molecule has 2 aromatic rings. The number of halogens is 1. The molecule has 2 N–H and O–H groups in total. The van der Waals surface area contributed by atoms with Crippen LogP contribution in [0.15, 0.2) is 27.6 Å². The minimum absolute atomic E-state index is 0.0599. The summed E-state index contributed by atoms with van der Waals surface area (Å²) in [6, 6.07) is 5.24. The normalized spacial score (nSPS) is 15.5. The van der Waals surface area contributed by atoms with Crippen LogP contribution in [0.25, 0.3) is 0 Å². The van der Waals surface area contributed by atoms with E-state index in [1.54, 1.807) is 12.1 Å². The number of hydrogen-bond donors (Lipinski definition) is 1. The molecule has 1 aliphatic rings. The van der Waals surface area contributed by atoms with Gasteiger partial charge in [-0.25, -0.2) is 8.42 Å². The molecule has 0 saturated carbocycles. The van der Waals surface area contributed by atoms with Gasteiger partial charge in [-0.15, -0.1) is 0 Å². The lowest BCUT2D eigenvalue weighted by Crippen LogP contribution is -2.32. The summed E-state index contributed by atoms with van der Waals surface area (Å²) in [6.45, 7) is 1.93. The number of hydrogen-bond acceptors (Lipinski definition) is 5. The predicted molar refractivity (Wildman–Crippen MR) is 84.6 cm³/mol. The molecule has 8 heteroatoms. The Morgan fingerprint density at radius 2 is 2.14 bits per heavy atom. The average molecular weight is 342 g/mol. The molecular formula is C14H16ClN3O3S. The first kappa shape index (κ1) is 15.2. The van der Waals surface area contributed by atoms with Gasteiger partial charge in [0.2, 0.25) is 0 Å². The van der Waals surface area contributed by atoms with E-state index in [2.05, 4.69) is 5.16 Å². The van der Waals surface area contributed by atoms with Crippen LogP contribution in [0.2, 0.25) is 5.02 Å². The van der Waals surface area contributed by atoms with Crippen molar-refractivity contribution in [1.82, 2.24) is 5.16 Å². The van der Waals surface area contributed by atoms with E-state index in [1.165, 1.54) is 11.2 Å². The van der Waals surface area contributed by atoms with Crippen molar-refractivity contribution in [3.63, 3.8) is 0 Å². The highest BCUT2D eigenvalue weighted by atomic mass is 35.5. The van der Waals surface area contributed by atoms with E-state index in [0.717, 1.165) is 24.8 Å². The molecule has 1 aromatic heterocycles. The molecular weight excluding hydrogens is 326 g/mol. The van der Waals surface area contributed by atoms with Gasteiger partial charge in [0.05, 0.1) is 5.69 Å². The Morgan fingerprint density at radius 3 is 2.82 bits per heavy atom. The quantitative estimate of drug-likeness (QED) is 0.907. The number of nitrogens with two attached hydrogens (primary N) is 1. The van der Waals surface area contributed by atoms with Gasteiger partial charge in [-0.3, -0.25) is 4.31 Å². The van der Waals surface area contributed by atoms with Crippen LogP contribution in [-0.4, -0.2) is 20.1 Å². The van der Waals surface area contributed by atoms with Gasteiger partial charge in [-0.2, -0.15) is 0 Å². The lowest BCUT2D eigenvalue weighted by atomic mass is 10.1. The molecule has 0 radical (unpaired) electrons. The standard InChI is InChI=1S/C14H16ClN3O3S/c1-9-13(14(16)17-21-9)22(19,20)18-7-3-2-4-10-8-11(15)5-6-12(10)18/h5-6,8H,2-4,7H2,1H3,(H2,16,17). The number of aromatic nitrogens is 1. The molecule has 3 rings (SSSR count). The van der Waals surface area contributed by atoms with Crippen LogP contribution in [0.1, 0.15) is 24.2 Å². The molecule has 0 bridgehead atoms. The van der Waals surface area contributed by atoms with E-state index in [1.807, 2.05) is 6.07 Å². The van der Waals surface area contributed by atoms with Crippen LogP contribution >= 0.6 is 11.6 Å². The van der Waals surface area contributed by atoms with Crippen molar-refractivity contribution in [3.8, 4) is 0 Å². The van der Waals surface area contributed by atoms with E-state index >= 15 is 0 Å². The predicted octanol–water partition coefficient (Wildman–Crippen LogP) is 2.75. The molecule has 1 aromatic carbocycles. The van der Waals surface area contributed by atoms with Crippen molar-refractivity contribution in [2.45, 2.75) is 31.1 Å².